The van der Waals surface area contributed by atoms with Crippen LogP contribution in [-0.2, 0) is 22.4 Å². The monoisotopic (exact) mass is 587 g/mol. The minimum Gasteiger partial charge on any atom is -0.356 e. The maximum atomic E-state index is 14.1. The van der Waals surface area contributed by atoms with Gasteiger partial charge in [0.05, 0.1) is 15.5 Å². The highest BCUT2D eigenvalue weighted by Crippen LogP contribution is 2.35. The molecule has 2 fully saturated rings. The highest BCUT2D eigenvalue weighted by molar-refractivity contribution is 6.42. The van der Waals surface area contributed by atoms with E-state index in [2.05, 4.69) is 21.3 Å². The molecule has 2 aliphatic rings. The van der Waals surface area contributed by atoms with E-state index in [0.29, 0.717) is 48.9 Å². The van der Waals surface area contributed by atoms with E-state index < -0.39 is 11.5 Å². The molecule has 4 N–H and O–H groups in total. The lowest BCUT2D eigenvalue weighted by Gasteiger charge is -2.43. The Morgan fingerprint density at radius 2 is 1.88 bits per heavy atom. The second kappa shape index (κ2) is 14.2. The predicted molar refractivity (Wildman–Crippen MR) is 159 cm³/mol. The normalized spacial score (nSPS) is 21.8. The number of piperidine rings is 2. The van der Waals surface area contributed by atoms with E-state index in [0.717, 1.165) is 30.5 Å². The van der Waals surface area contributed by atoms with Crippen LogP contribution in [0.5, 0.6) is 0 Å². The standard InChI is InChI=1S/C30H39Cl2N5O3/c1-2-34-28(39)30(18-21-8-4-3-5-9-21)13-7-15-37(20-30)27(38)26(17-22-11-12-24(31)25(32)16-22)36-29(40)35-23-10-6-14-33-19-23/h3-5,8-9,11-12,16,23,26,33H,2,6-7,10,13-15,17-20H2,1H3,(H,34,39)(H2,35,36,40). The summed E-state index contributed by atoms with van der Waals surface area (Å²) in [6.07, 6.45) is 4.01. The van der Waals surface area contributed by atoms with E-state index in [1.54, 1.807) is 17.0 Å². The molecule has 0 bridgehead atoms. The van der Waals surface area contributed by atoms with Gasteiger partial charge in [0.1, 0.15) is 6.04 Å². The largest absolute Gasteiger partial charge is 0.356 e. The number of rotatable bonds is 9. The van der Waals surface area contributed by atoms with E-state index in [4.69, 9.17) is 23.2 Å². The van der Waals surface area contributed by atoms with Gasteiger partial charge in [-0.3, -0.25) is 9.59 Å². The summed E-state index contributed by atoms with van der Waals surface area (Å²) in [6, 6.07) is 13.9. The van der Waals surface area contributed by atoms with E-state index in [-0.39, 0.29) is 36.9 Å². The second-order valence-electron chi connectivity index (χ2n) is 10.8. The molecule has 216 valence electrons. The van der Waals surface area contributed by atoms with Crippen LogP contribution in [0.3, 0.4) is 0 Å². The van der Waals surface area contributed by atoms with Crippen molar-refractivity contribution in [1.82, 2.24) is 26.2 Å². The van der Waals surface area contributed by atoms with Crippen molar-refractivity contribution >= 4 is 41.0 Å². The number of urea groups is 1. The number of carbonyl (C=O) groups excluding carboxylic acids is 3. The summed E-state index contributed by atoms with van der Waals surface area (Å²) in [4.78, 5) is 42.3. The Morgan fingerprint density at radius 3 is 2.58 bits per heavy atom. The molecule has 2 aromatic carbocycles. The van der Waals surface area contributed by atoms with Crippen LogP contribution in [0.25, 0.3) is 0 Å². The lowest BCUT2D eigenvalue weighted by atomic mass is 9.74. The SMILES string of the molecule is CCNC(=O)C1(Cc2ccccc2)CCCN(C(=O)C(Cc2ccc(Cl)c(Cl)c2)NC(=O)NC2CCCNC2)C1. The molecule has 40 heavy (non-hydrogen) atoms. The van der Waals surface area contributed by atoms with Crippen molar-refractivity contribution in [2.45, 2.75) is 57.5 Å². The van der Waals surface area contributed by atoms with Gasteiger partial charge in [-0.1, -0.05) is 59.6 Å². The van der Waals surface area contributed by atoms with Crippen LogP contribution >= 0.6 is 23.2 Å². The molecule has 10 heteroatoms. The van der Waals surface area contributed by atoms with Crippen molar-refractivity contribution in [3.05, 3.63) is 69.7 Å². The quantitative estimate of drug-likeness (QED) is 0.357. The molecule has 0 aromatic heterocycles. The number of nitrogens with zero attached hydrogens (tertiary/aromatic N) is 1. The van der Waals surface area contributed by atoms with Gasteiger partial charge in [-0.2, -0.15) is 0 Å². The Balaban J connectivity index is 1.56. The average Bonchev–Trinajstić information content (AvgIpc) is 2.95. The molecule has 8 nitrogen and oxygen atoms in total. The molecular formula is C30H39Cl2N5O3. The van der Waals surface area contributed by atoms with Gasteiger partial charge in [-0.05, 0) is 68.8 Å². The Labute approximate surface area is 246 Å². The Morgan fingerprint density at radius 1 is 1.07 bits per heavy atom. The number of halogens is 2. The second-order valence-corrected chi connectivity index (χ2v) is 11.6. The van der Waals surface area contributed by atoms with Crippen LogP contribution < -0.4 is 21.3 Å². The molecule has 2 aliphatic heterocycles. The average molecular weight is 589 g/mol. The first-order valence-corrected chi connectivity index (χ1v) is 14.9. The highest BCUT2D eigenvalue weighted by Gasteiger charge is 2.44. The molecule has 2 saturated heterocycles. The van der Waals surface area contributed by atoms with E-state index >= 15 is 0 Å². The molecule has 4 rings (SSSR count). The lowest BCUT2D eigenvalue weighted by molar-refractivity contribution is -0.142. The zero-order valence-corrected chi connectivity index (χ0v) is 24.5. The fourth-order valence-corrected chi connectivity index (χ4v) is 6.07. The molecule has 3 unspecified atom stereocenters. The molecule has 2 aromatic rings. The van der Waals surface area contributed by atoms with Crippen LogP contribution in [0.1, 0.15) is 43.7 Å². The van der Waals surface area contributed by atoms with Gasteiger partial charge in [-0.25, -0.2) is 4.79 Å². The summed E-state index contributed by atoms with van der Waals surface area (Å²) in [6.45, 7) is 4.84. The van der Waals surface area contributed by atoms with Crippen molar-refractivity contribution in [2.75, 3.05) is 32.7 Å². The maximum Gasteiger partial charge on any atom is 0.315 e. The van der Waals surface area contributed by atoms with Crippen LogP contribution in [0, 0.1) is 5.41 Å². The number of carbonyl (C=O) groups is 3. The molecule has 2 heterocycles. The van der Waals surface area contributed by atoms with Crippen LogP contribution in [0.15, 0.2) is 48.5 Å². The molecule has 4 amide bonds. The maximum absolute atomic E-state index is 14.1. The third-order valence-electron chi connectivity index (χ3n) is 7.75. The summed E-state index contributed by atoms with van der Waals surface area (Å²) < 4.78 is 0. The number of likely N-dealkylation sites (tertiary alicyclic amines) is 1. The number of hydrogen-bond donors (Lipinski definition) is 4. The van der Waals surface area contributed by atoms with Crippen molar-refractivity contribution < 1.29 is 14.4 Å². The Hall–Kier alpha value is -2.81. The van der Waals surface area contributed by atoms with Gasteiger partial charge >= 0.3 is 6.03 Å². The van der Waals surface area contributed by atoms with E-state index in [9.17, 15) is 14.4 Å². The third-order valence-corrected chi connectivity index (χ3v) is 8.49. The van der Waals surface area contributed by atoms with E-state index in [1.807, 2.05) is 43.3 Å². The van der Waals surface area contributed by atoms with E-state index in [1.165, 1.54) is 0 Å². The zero-order chi connectivity index (χ0) is 28.5. The van der Waals surface area contributed by atoms with Gasteiger partial charge in [0.15, 0.2) is 0 Å². The van der Waals surface area contributed by atoms with Crippen LogP contribution in [0.4, 0.5) is 4.79 Å². The van der Waals surface area contributed by atoms with Crippen LogP contribution in [-0.4, -0.2) is 67.6 Å². The van der Waals surface area contributed by atoms with Crippen molar-refractivity contribution in [3.8, 4) is 0 Å². The first-order chi connectivity index (χ1) is 19.3. The zero-order valence-electron chi connectivity index (χ0n) is 23.0. The summed E-state index contributed by atoms with van der Waals surface area (Å²) in [5.41, 5.74) is 1.08. The van der Waals surface area contributed by atoms with Gasteiger partial charge in [0.25, 0.3) is 0 Å². The first kappa shape index (κ1) is 30.2. The Bertz CT molecular complexity index is 1180. The highest BCUT2D eigenvalue weighted by atomic mass is 35.5. The summed E-state index contributed by atoms with van der Waals surface area (Å²) in [5, 5.41) is 13.0. The van der Waals surface area contributed by atoms with Crippen LogP contribution in [0.2, 0.25) is 10.0 Å². The van der Waals surface area contributed by atoms with Crippen molar-refractivity contribution in [1.29, 1.82) is 0 Å². The number of amides is 4. The lowest BCUT2D eigenvalue weighted by Crippen LogP contribution is -2.59. The Kier molecular flexibility index (Phi) is 10.7. The molecule has 3 atom stereocenters. The molecule has 0 saturated carbocycles. The third kappa shape index (κ3) is 7.89. The molecule has 0 spiro atoms. The smallest absolute Gasteiger partial charge is 0.315 e. The van der Waals surface area contributed by atoms with Crippen molar-refractivity contribution in [3.63, 3.8) is 0 Å². The summed E-state index contributed by atoms with van der Waals surface area (Å²) in [5.74, 6) is -0.266. The van der Waals surface area contributed by atoms with Gasteiger partial charge in [0.2, 0.25) is 11.8 Å². The number of hydrogen-bond acceptors (Lipinski definition) is 4. The summed E-state index contributed by atoms with van der Waals surface area (Å²) >= 11 is 12.4. The number of benzene rings is 2. The van der Waals surface area contributed by atoms with Gasteiger partial charge in [0, 0.05) is 38.6 Å². The van der Waals surface area contributed by atoms with Gasteiger partial charge < -0.3 is 26.2 Å². The first-order valence-electron chi connectivity index (χ1n) is 14.1. The number of nitrogens with one attached hydrogen (secondary N) is 4. The van der Waals surface area contributed by atoms with Gasteiger partial charge in [-0.15, -0.1) is 0 Å². The molecule has 0 aliphatic carbocycles. The predicted octanol–water partition coefficient (Wildman–Crippen LogP) is 3.94. The topological polar surface area (TPSA) is 103 Å². The minimum atomic E-state index is -0.837. The molecular weight excluding hydrogens is 549 g/mol. The molecule has 0 radical (unpaired) electrons. The fourth-order valence-electron chi connectivity index (χ4n) is 5.75. The fraction of sp³-hybridized carbons (Fsp3) is 0.500. The van der Waals surface area contributed by atoms with Crippen molar-refractivity contribution in [2.24, 2.45) is 5.41 Å². The minimum absolute atomic E-state index is 0.000673. The summed E-state index contributed by atoms with van der Waals surface area (Å²) in [7, 11) is 0.